The van der Waals surface area contributed by atoms with Gasteiger partial charge in [0, 0.05) is 6.20 Å². The molecule has 2 rings (SSSR count). The largest absolute Gasteiger partial charge is 0.368 e. The van der Waals surface area contributed by atoms with Gasteiger partial charge in [-0.2, -0.15) is 0 Å². The lowest BCUT2D eigenvalue weighted by atomic mass is 10.4. The van der Waals surface area contributed by atoms with Gasteiger partial charge in [0.15, 0.2) is 5.82 Å². The molecule has 1 aromatic rings. The first-order valence-corrected chi connectivity index (χ1v) is 3.14. The van der Waals surface area contributed by atoms with E-state index in [2.05, 4.69) is 21.2 Å². The van der Waals surface area contributed by atoms with Gasteiger partial charge >= 0.3 is 0 Å². The van der Waals surface area contributed by atoms with Crippen LogP contribution in [-0.2, 0) is 0 Å². The number of nitrogens with zero attached hydrogens (tertiary/aromatic N) is 1. The molecule has 2 heterocycles. The molecule has 0 aliphatic carbocycles. The topological polar surface area (TPSA) is 49.0 Å². The second-order valence-corrected chi connectivity index (χ2v) is 2.05. The van der Waals surface area contributed by atoms with Gasteiger partial charge in [-0.1, -0.05) is 0 Å². The van der Waals surface area contributed by atoms with Gasteiger partial charge in [-0.15, -0.1) is 0 Å². The third-order valence-corrected chi connectivity index (χ3v) is 1.38. The molecule has 0 spiro atoms. The molecule has 0 radical (unpaired) electrons. The molecule has 10 heavy (non-hydrogen) atoms. The minimum Gasteiger partial charge on any atom is -0.368 e. The number of fused-ring (bicyclic) bond motifs is 1. The van der Waals surface area contributed by atoms with Gasteiger partial charge in [0.05, 0.1) is 12.4 Å². The summed E-state index contributed by atoms with van der Waals surface area (Å²) in [6, 6.07) is 3.88. The molecule has 0 aromatic carbocycles. The lowest BCUT2D eigenvalue weighted by Gasteiger charge is -2.18. The van der Waals surface area contributed by atoms with E-state index in [1.165, 1.54) is 0 Å². The Kier molecular flexibility index (Phi) is 1.18. The summed E-state index contributed by atoms with van der Waals surface area (Å²) in [5.41, 5.74) is 6.90. The third-order valence-electron chi connectivity index (χ3n) is 1.38. The van der Waals surface area contributed by atoms with Gasteiger partial charge in [0.2, 0.25) is 0 Å². The quantitative estimate of drug-likeness (QED) is 0.482. The Bertz CT molecular complexity index is 210. The van der Waals surface area contributed by atoms with Gasteiger partial charge in [-0.25, -0.2) is 10.4 Å². The van der Waals surface area contributed by atoms with Crippen molar-refractivity contribution in [3.05, 3.63) is 18.3 Å². The van der Waals surface area contributed by atoms with Crippen molar-refractivity contribution in [1.29, 1.82) is 0 Å². The average molecular weight is 136 g/mol. The summed E-state index contributed by atoms with van der Waals surface area (Å²) < 4.78 is 0. The Morgan fingerprint density at radius 3 is 3.40 bits per heavy atom. The van der Waals surface area contributed by atoms with Crippen molar-refractivity contribution in [2.45, 2.75) is 0 Å². The Morgan fingerprint density at radius 2 is 2.50 bits per heavy atom. The molecule has 0 atom stereocenters. The lowest BCUT2D eigenvalue weighted by molar-refractivity contribution is 0.821. The first kappa shape index (κ1) is 5.49. The maximum absolute atomic E-state index is 4.08. The standard InChI is InChI=1S/C6H8N4/c1-2-5-6(7-3-1)10-9-4-8-5/h1-3,8-9H,4H2,(H,7,10). The Labute approximate surface area is 58.6 Å². The number of hydrogen-bond acceptors (Lipinski definition) is 4. The zero-order chi connectivity index (χ0) is 6.81. The number of hydrogen-bond donors (Lipinski definition) is 3. The van der Waals surface area contributed by atoms with E-state index in [0.29, 0.717) is 0 Å². The van der Waals surface area contributed by atoms with Crippen molar-refractivity contribution in [3.8, 4) is 0 Å². The SMILES string of the molecule is c1cnc2c(c1)NCNN2. The summed E-state index contributed by atoms with van der Waals surface area (Å²) in [7, 11) is 0. The average Bonchev–Trinajstić information content (AvgIpc) is 2.05. The molecule has 1 aliphatic rings. The van der Waals surface area contributed by atoms with Gasteiger partial charge in [0.1, 0.15) is 0 Å². The molecule has 0 bridgehead atoms. The minimum atomic E-state index is 0.735. The highest BCUT2D eigenvalue weighted by Crippen LogP contribution is 2.17. The van der Waals surface area contributed by atoms with Crippen molar-refractivity contribution in [1.82, 2.24) is 10.4 Å². The maximum atomic E-state index is 4.08. The molecule has 0 unspecified atom stereocenters. The van der Waals surface area contributed by atoms with Crippen molar-refractivity contribution in [2.24, 2.45) is 0 Å². The fourth-order valence-corrected chi connectivity index (χ4v) is 0.915. The normalized spacial score (nSPS) is 14.8. The molecular weight excluding hydrogens is 128 g/mol. The highest BCUT2D eigenvalue weighted by molar-refractivity contribution is 5.64. The Morgan fingerprint density at radius 1 is 1.50 bits per heavy atom. The summed E-state index contributed by atoms with van der Waals surface area (Å²) in [4.78, 5) is 4.08. The molecule has 52 valence electrons. The first-order chi connectivity index (χ1) is 4.97. The van der Waals surface area contributed by atoms with E-state index >= 15 is 0 Å². The van der Waals surface area contributed by atoms with Crippen LogP contribution < -0.4 is 16.2 Å². The lowest BCUT2D eigenvalue weighted by Crippen LogP contribution is -2.33. The molecule has 0 saturated carbocycles. The number of rotatable bonds is 0. The first-order valence-electron chi connectivity index (χ1n) is 3.14. The smallest absolute Gasteiger partial charge is 0.163 e. The van der Waals surface area contributed by atoms with Crippen LogP contribution in [0.3, 0.4) is 0 Å². The summed E-state index contributed by atoms with van der Waals surface area (Å²) in [6.45, 7) is 0.735. The van der Waals surface area contributed by atoms with Crippen molar-refractivity contribution < 1.29 is 0 Å². The van der Waals surface area contributed by atoms with E-state index in [4.69, 9.17) is 0 Å². The molecule has 3 N–H and O–H groups in total. The molecule has 1 aliphatic heterocycles. The summed E-state index contributed by atoms with van der Waals surface area (Å²) in [5, 5.41) is 3.13. The maximum Gasteiger partial charge on any atom is 0.163 e. The monoisotopic (exact) mass is 136 g/mol. The van der Waals surface area contributed by atoms with Crippen LogP contribution in [0.15, 0.2) is 18.3 Å². The minimum absolute atomic E-state index is 0.735. The fraction of sp³-hybridized carbons (Fsp3) is 0.167. The molecular formula is C6H8N4. The fourth-order valence-electron chi connectivity index (χ4n) is 0.915. The number of nitrogens with one attached hydrogen (secondary N) is 3. The second-order valence-electron chi connectivity index (χ2n) is 2.05. The van der Waals surface area contributed by atoms with E-state index in [0.717, 1.165) is 18.2 Å². The zero-order valence-electron chi connectivity index (χ0n) is 5.39. The Balaban J connectivity index is 2.41. The number of aromatic nitrogens is 1. The highest BCUT2D eigenvalue weighted by atomic mass is 15.4. The number of pyridine rings is 1. The van der Waals surface area contributed by atoms with Crippen LogP contribution in [0.1, 0.15) is 0 Å². The molecule has 4 nitrogen and oxygen atoms in total. The van der Waals surface area contributed by atoms with E-state index in [9.17, 15) is 0 Å². The molecule has 0 saturated heterocycles. The third kappa shape index (κ3) is 0.784. The van der Waals surface area contributed by atoms with Crippen LogP contribution in [0.4, 0.5) is 11.5 Å². The van der Waals surface area contributed by atoms with E-state index < -0.39 is 0 Å². The predicted octanol–water partition coefficient (Wildman–Crippen LogP) is 0.381. The zero-order valence-corrected chi connectivity index (χ0v) is 5.39. The number of anilines is 2. The molecule has 0 fully saturated rings. The van der Waals surface area contributed by atoms with Crippen molar-refractivity contribution in [3.63, 3.8) is 0 Å². The van der Waals surface area contributed by atoms with E-state index in [-0.39, 0.29) is 0 Å². The predicted molar refractivity (Wildman–Crippen MR) is 39.5 cm³/mol. The van der Waals surface area contributed by atoms with Gasteiger partial charge in [-0.3, -0.25) is 0 Å². The van der Waals surface area contributed by atoms with E-state index in [1.807, 2.05) is 12.1 Å². The summed E-state index contributed by atoms with van der Waals surface area (Å²) in [6.07, 6.45) is 1.75. The van der Waals surface area contributed by atoms with Crippen LogP contribution >= 0.6 is 0 Å². The van der Waals surface area contributed by atoms with Crippen LogP contribution in [0.25, 0.3) is 0 Å². The molecule has 1 aromatic heterocycles. The highest BCUT2D eigenvalue weighted by Gasteiger charge is 2.04. The Hall–Kier alpha value is -1.29. The van der Waals surface area contributed by atoms with Gasteiger partial charge in [0.25, 0.3) is 0 Å². The van der Waals surface area contributed by atoms with Gasteiger partial charge < -0.3 is 10.7 Å². The van der Waals surface area contributed by atoms with Crippen LogP contribution in [-0.4, -0.2) is 11.7 Å². The summed E-state index contributed by atoms with van der Waals surface area (Å²) >= 11 is 0. The van der Waals surface area contributed by atoms with Gasteiger partial charge in [-0.05, 0) is 12.1 Å². The number of hydrazine groups is 1. The second kappa shape index (κ2) is 2.15. The molecule has 0 amide bonds. The van der Waals surface area contributed by atoms with Crippen LogP contribution in [0.2, 0.25) is 0 Å². The van der Waals surface area contributed by atoms with Crippen LogP contribution in [0, 0.1) is 0 Å². The molecule has 4 heteroatoms. The van der Waals surface area contributed by atoms with Crippen molar-refractivity contribution >= 4 is 11.5 Å². The van der Waals surface area contributed by atoms with Crippen LogP contribution in [0.5, 0.6) is 0 Å². The van der Waals surface area contributed by atoms with Crippen molar-refractivity contribution in [2.75, 3.05) is 17.4 Å². The van der Waals surface area contributed by atoms with E-state index in [1.54, 1.807) is 6.20 Å². The summed E-state index contributed by atoms with van der Waals surface area (Å²) in [5.74, 6) is 0.855.